The Kier molecular flexibility index (Phi) is 18.3. The number of ether oxygens (including phenoxy) is 2. The number of methoxy groups -OCH3 is 2. The van der Waals surface area contributed by atoms with Gasteiger partial charge in [-0.15, -0.1) is 16.7 Å². The fourth-order valence-electron chi connectivity index (χ4n) is 8.70. The molecule has 4 amide bonds. The smallest absolute Gasteiger partial charge is 0.328 e. The van der Waals surface area contributed by atoms with Crippen molar-refractivity contribution in [3.05, 3.63) is 119 Å². The third-order valence-corrected chi connectivity index (χ3v) is 12.3. The number of nitrogens with one attached hydrogen (secondary N) is 4. The molecule has 5 atom stereocenters. The van der Waals surface area contributed by atoms with Gasteiger partial charge in [0.25, 0.3) is 11.8 Å². The van der Waals surface area contributed by atoms with Gasteiger partial charge in [0.05, 0.1) is 39.0 Å². The maximum absolute atomic E-state index is 13.3. The second-order valence-corrected chi connectivity index (χ2v) is 17.7. The Morgan fingerprint density at radius 1 is 0.882 bits per heavy atom. The molecule has 0 spiro atoms. The quantitative estimate of drug-likeness (QED) is 0.0330. The Labute approximate surface area is 400 Å². The molecule has 5 N–H and O–H groups in total. The third kappa shape index (κ3) is 13.1. The number of fused-ring (bicyclic) bond motifs is 3. The minimum Gasteiger partial charge on any atom is -0.467 e. The van der Waals surface area contributed by atoms with Crippen molar-refractivity contribution in [3.63, 3.8) is 0 Å². The molecule has 18 heteroatoms. The van der Waals surface area contributed by atoms with Crippen LogP contribution in [0.2, 0.25) is 0 Å². The van der Waals surface area contributed by atoms with Crippen LogP contribution in [0, 0.1) is 5.92 Å². The number of rotatable bonds is 23. The molecule has 5 aromatic rings. The molecule has 0 bridgehead atoms. The van der Waals surface area contributed by atoms with E-state index >= 15 is 0 Å². The number of benzene rings is 3. The minimum atomic E-state index is -1.60. The summed E-state index contributed by atoms with van der Waals surface area (Å²) in [5, 5.41) is 28.8. The molecule has 6 rings (SSSR count). The summed E-state index contributed by atoms with van der Waals surface area (Å²) < 4.78 is 11.7. The normalized spacial score (nSPS) is 15.8. The van der Waals surface area contributed by atoms with E-state index < -0.39 is 54.0 Å². The maximum atomic E-state index is 13.3. The lowest BCUT2D eigenvalue weighted by Gasteiger charge is -2.40. The molecular formula is C50H61ClN8O9. The van der Waals surface area contributed by atoms with Gasteiger partial charge in [-0.1, -0.05) is 99.0 Å². The van der Waals surface area contributed by atoms with Crippen LogP contribution in [0.25, 0.3) is 10.9 Å². The van der Waals surface area contributed by atoms with Crippen LogP contribution in [0.1, 0.15) is 103 Å². The van der Waals surface area contributed by atoms with Gasteiger partial charge in [0, 0.05) is 41.5 Å². The van der Waals surface area contributed by atoms with Crippen molar-refractivity contribution in [1.82, 2.24) is 40.8 Å². The number of H-pyrrole nitrogens is 1. The van der Waals surface area contributed by atoms with E-state index in [9.17, 15) is 33.9 Å². The number of aromatic nitrogens is 4. The SMILES string of the molecule is COC(=O)[C@H](CC(C)C)NC(=O)[C@@H](O)C(Cc1ccccc1)NC(=O)CCCCCCCn1cc(CNC(=O)c2ccc([C@H]3c4[nH]c5ccccc5c4C[C@H](C(=O)OC)N3C(=O)CCl)cc2)nn1. The Bertz CT molecular complexity index is 2510. The van der Waals surface area contributed by atoms with Crippen molar-refractivity contribution in [2.75, 3.05) is 20.1 Å². The highest BCUT2D eigenvalue weighted by Crippen LogP contribution is 2.41. The second-order valence-electron chi connectivity index (χ2n) is 17.5. The zero-order chi connectivity index (χ0) is 48.7. The minimum absolute atomic E-state index is 0.0839. The molecule has 0 saturated carbocycles. The van der Waals surface area contributed by atoms with Crippen molar-refractivity contribution >= 4 is 58.1 Å². The summed E-state index contributed by atoms with van der Waals surface area (Å²) in [4.78, 5) is 83.1. The lowest BCUT2D eigenvalue weighted by molar-refractivity contribution is -0.154. The number of hydrogen-bond acceptors (Lipinski definition) is 11. The number of unbranched alkanes of at least 4 members (excludes halogenated alkanes) is 4. The van der Waals surface area contributed by atoms with Gasteiger partial charge in [0.15, 0.2) is 6.10 Å². The van der Waals surface area contributed by atoms with E-state index in [2.05, 4.69) is 31.2 Å². The lowest BCUT2D eigenvalue weighted by atomic mass is 9.87. The largest absolute Gasteiger partial charge is 0.467 e. The van der Waals surface area contributed by atoms with Crippen LogP contribution in [0.15, 0.2) is 85.1 Å². The molecule has 68 heavy (non-hydrogen) atoms. The lowest BCUT2D eigenvalue weighted by Crippen LogP contribution is -2.54. The van der Waals surface area contributed by atoms with Gasteiger partial charge in [-0.05, 0) is 66.5 Å². The number of nitrogens with zero attached hydrogens (tertiary/aromatic N) is 4. The topological polar surface area (TPSA) is 227 Å². The Morgan fingerprint density at radius 2 is 1.59 bits per heavy atom. The number of aromatic amines is 1. The number of alkyl halides is 1. The van der Waals surface area contributed by atoms with E-state index in [4.69, 9.17) is 21.1 Å². The molecule has 1 unspecified atom stereocenters. The highest BCUT2D eigenvalue weighted by molar-refractivity contribution is 6.27. The monoisotopic (exact) mass is 952 g/mol. The summed E-state index contributed by atoms with van der Waals surface area (Å²) in [5.74, 6) is -3.18. The fraction of sp³-hybridized carbons (Fsp3) is 0.440. The number of esters is 2. The summed E-state index contributed by atoms with van der Waals surface area (Å²) in [7, 11) is 2.54. The van der Waals surface area contributed by atoms with Gasteiger partial charge in [-0.3, -0.25) is 23.9 Å². The number of amides is 4. The number of para-hydroxylation sites is 1. The van der Waals surface area contributed by atoms with Crippen molar-refractivity contribution in [2.24, 2.45) is 5.92 Å². The summed E-state index contributed by atoms with van der Waals surface area (Å²) in [6.07, 6.45) is 5.24. The van der Waals surface area contributed by atoms with Gasteiger partial charge < -0.3 is 40.4 Å². The maximum Gasteiger partial charge on any atom is 0.328 e. The Hall–Kier alpha value is -6.59. The van der Waals surface area contributed by atoms with Gasteiger partial charge in [-0.2, -0.15) is 0 Å². The van der Waals surface area contributed by atoms with E-state index in [1.54, 1.807) is 35.1 Å². The molecule has 0 fully saturated rings. The number of hydrogen-bond donors (Lipinski definition) is 5. The molecule has 0 aliphatic carbocycles. The summed E-state index contributed by atoms with van der Waals surface area (Å²) in [5.41, 5.74) is 5.06. The van der Waals surface area contributed by atoms with Crippen molar-refractivity contribution in [2.45, 2.75) is 115 Å². The summed E-state index contributed by atoms with van der Waals surface area (Å²) in [6.45, 7) is 4.60. The van der Waals surface area contributed by atoms with Crippen molar-refractivity contribution < 1.29 is 43.3 Å². The molecule has 1 aliphatic rings. The first-order chi connectivity index (χ1) is 32.8. The average Bonchev–Trinajstić information content (AvgIpc) is 3.97. The highest BCUT2D eigenvalue weighted by Gasteiger charge is 2.44. The first-order valence-electron chi connectivity index (χ1n) is 23.0. The molecule has 2 aromatic heterocycles. The molecule has 3 aromatic carbocycles. The van der Waals surface area contributed by atoms with Crippen molar-refractivity contribution in [3.8, 4) is 0 Å². The van der Waals surface area contributed by atoms with Crippen LogP contribution in [0.4, 0.5) is 0 Å². The molecule has 17 nitrogen and oxygen atoms in total. The fourth-order valence-corrected chi connectivity index (χ4v) is 8.83. The zero-order valence-corrected chi connectivity index (χ0v) is 39.7. The van der Waals surface area contributed by atoms with Gasteiger partial charge >= 0.3 is 11.9 Å². The predicted octanol–water partition coefficient (Wildman–Crippen LogP) is 5.08. The van der Waals surface area contributed by atoms with Gasteiger partial charge in [-0.25, -0.2) is 9.59 Å². The molecule has 1 aliphatic heterocycles. The number of aliphatic hydroxyl groups excluding tert-OH is 1. The van der Waals surface area contributed by atoms with Crippen LogP contribution >= 0.6 is 11.6 Å². The van der Waals surface area contributed by atoms with Crippen LogP contribution in [-0.2, 0) is 59.4 Å². The molecule has 0 saturated heterocycles. The Balaban J connectivity index is 0.947. The van der Waals surface area contributed by atoms with E-state index in [-0.39, 0.29) is 49.4 Å². The second kappa shape index (κ2) is 24.4. The number of carbonyl (C=O) groups excluding carboxylic acids is 6. The number of aryl methyl sites for hydroxylation is 1. The molecular weight excluding hydrogens is 892 g/mol. The standard InChI is InChI=1S/C50H61ClN8O9/c1-31(2)25-40(49(65)67-3)55-48(64)46(62)39(26-32-15-9-8-10-16-32)53-42(60)19-11-6-5-7-14-24-58-30-35(56-57-58)29-52-47(63)34-22-20-33(21-23-34)45-44-37(36-17-12-13-18-38(36)54-44)27-41(50(66)68-4)59(45)43(61)28-51/h8-10,12-13,15-18,20-23,30-31,39-41,45-46,54,62H,5-7,11,14,19,24-29H2,1-4H3,(H,52,63)(H,53,60)(H,55,64)/t39?,40-,41+,45-,46-/m0/s1. The summed E-state index contributed by atoms with van der Waals surface area (Å²) >= 11 is 6.08. The zero-order valence-electron chi connectivity index (χ0n) is 38.9. The van der Waals surface area contributed by atoms with Gasteiger partial charge in [0.1, 0.15) is 23.7 Å². The number of carbonyl (C=O) groups is 6. The summed E-state index contributed by atoms with van der Waals surface area (Å²) in [6, 6.07) is 20.5. The predicted molar refractivity (Wildman–Crippen MR) is 254 cm³/mol. The van der Waals surface area contributed by atoms with Crippen LogP contribution in [-0.4, -0.2) is 110 Å². The van der Waals surface area contributed by atoms with Gasteiger partial charge in [0.2, 0.25) is 11.8 Å². The van der Waals surface area contributed by atoms with Crippen LogP contribution in [0.5, 0.6) is 0 Å². The van der Waals surface area contributed by atoms with E-state index in [1.807, 2.05) is 68.4 Å². The first-order valence-corrected chi connectivity index (χ1v) is 23.6. The third-order valence-electron chi connectivity index (χ3n) is 12.1. The first kappa shape index (κ1) is 50.8. The highest BCUT2D eigenvalue weighted by atomic mass is 35.5. The van der Waals surface area contributed by atoms with E-state index in [0.717, 1.165) is 53.4 Å². The van der Waals surface area contributed by atoms with Crippen LogP contribution < -0.4 is 16.0 Å². The number of aliphatic hydroxyl groups is 1. The van der Waals surface area contributed by atoms with Crippen molar-refractivity contribution in [1.29, 1.82) is 0 Å². The molecule has 3 heterocycles. The van der Waals surface area contributed by atoms with E-state index in [1.165, 1.54) is 19.1 Å². The average molecular weight is 954 g/mol. The molecule has 0 radical (unpaired) electrons. The Morgan fingerprint density at radius 3 is 2.29 bits per heavy atom. The number of halogens is 1. The van der Waals surface area contributed by atoms with E-state index in [0.29, 0.717) is 36.2 Å². The molecule has 362 valence electrons. The van der Waals surface area contributed by atoms with Crippen LogP contribution in [0.3, 0.4) is 0 Å².